The number of H-pyrrole nitrogens is 1. The van der Waals surface area contributed by atoms with E-state index in [2.05, 4.69) is 20.5 Å². The fourth-order valence-electron chi connectivity index (χ4n) is 2.06. The zero-order chi connectivity index (χ0) is 13.2. The maximum absolute atomic E-state index is 12.2. The lowest BCUT2D eigenvalue weighted by Gasteiger charge is -2.30. The maximum atomic E-state index is 12.2. The van der Waals surface area contributed by atoms with E-state index in [1.807, 2.05) is 11.9 Å². The molecule has 1 fully saturated rings. The fourth-order valence-corrected chi connectivity index (χ4v) is 2.06. The minimum Gasteiger partial charge on any atom is -0.339 e. The number of nitrogens with one attached hydrogen (secondary N) is 2. The van der Waals surface area contributed by atoms with Crippen LogP contribution >= 0.6 is 0 Å². The number of piperidine rings is 1. The average Bonchev–Trinajstić information content (AvgIpc) is 2.75. The highest BCUT2D eigenvalue weighted by Crippen LogP contribution is 2.21. The second-order valence-corrected chi connectivity index (χ2v) is 4.42. The Labute approximate surface area is 103 Å². The summed E-state index contributed by atoms with van der Waals surface area (Å²) in [7, 11) is 1.91. The van der Waals surface area contributed by atoms with Gasteiger partial charge in [-0.1, -0.05) is 0 Å². The molecule has 0 saturated carbocycles. The number of halogens is 3. The van der Waals surface area contributed by atoms with Crippen molar-refractivity contribution in [2.75, 3.05) is 25.0 Å². The van der Waals surface area contributed by atoms with Crippen LogP contribution in [0, 0.1) is 0 Å². The van der Waals surface area contributed by atoms with E-state index in [-0.39, 0.29) is 5.82 Å². The van der Waals surface area contributed by atoms with Gasteiger partial charge in [0.1, 0.15) is 12.2 Å². The van der Waals surface area contributed by atoms with E-state index in [4.69, 9.17) is 0 Å². The number of aromatic amines is 1. The molecule has 5 nitrogen and oxygen atoms in total. The van der Waals surface area contributed by atoms with Gasteiger partial charge < -0.3 is 10.2 Å². The standard InChI is InChI=1S/C10H16F3N5/c1-14-7-2-4-18(5-3-7)9-15-8(16-17-9)6-10(11,12)13/h7,14H,2-6H2,1H3,(H,15,16,17). The number of anilines is 1. The van der Waals surface area contributed by atoms with Gasteiger partial charge in [0.15, 0.2) is 0 Å². The molecular formula is C10H16F3N5. The largest absolute Gasteiger partial charge is 0.396 e. The van der Waals surface area contributed by atoms with Crippen molar-refractivity contribution in [2.24, 2.45) is 0 Å². The molecule has 2 rings (SSSR count). The van der Waals surface area contributed by atoms with Gasteiger partial charge in [-0.15, -0.1) is 5.10 Å². The first-order valence-electron chi connectivity index (χ1n) is 5.88. The molecule has 0 atom stereocenters. The predicted octanol–water partition coefficient (Wildman–Crippen LogP) is 1.10. The van der Waals surface area contributed by atoms with Crippen LogP contribution in [0.4, 0.5) is 19.1 Å². The van der Waals surface area contributed by atoms with E-state index < -0.39 is 12.6 Å². The molecule has 18 heavy (non-hydrogen) atoms. The van der Waals surface area contributed by atoms with Crippen molar-refractivity contribution in [3.8, 4) is 0 Å². The van der Waals surface area contributed by atoms with E-state index in [0.717, 1.165) is 25.9 Å². The predicted molar refractivity (Wildman–Crippen MR) is 60.4 cm³/mol. The molecular weight excluding hydrogens is 247 g/mol. The molecule has 102 valence electrons. The maximum Gasteiger partial charge on any atom is 0.396 e. The van der Waals surface area contributed by atoms with Crippen LogP contribution in [0.3, 0.4) is 0 Å². The average molecular weight is 263 g/mol. The lowest BCUT2D eigenvalue weighted by atomic mass is 10.1. The molecule has 0 spiro atoms. The minimum atomic E-state index is -4.25. The van der Waals surface area contributed by atoms with E-state index in [0.29, 0.717) is 12.0 Å². The molecule has 1 aromatic heterocycles. The Morgan fingerprint density at radius 2 is 2.06 bits per heavy atom. The van der Waals surface area contributed by atoms with E-state index in [9.17, 15) is 13.2 Å². The molecule has 0 amide bonds. The topological polar surface area (TPSA) is 56.8 Å². The molecule has 1 aliphatic heterocycles. The summed E-state index contributed by atoms with van der Waals surface area (Å²) in [5.41, 5.74) is 0. The molecule has 0 unspecified atom stereocenters. The lowest BCUT2D eigenvalue weighted by molar-refractivity contribution is -0.128. The Hall–Kier alpha value is -1.31. The Morgan fingerprint density at radius 1 is 1.39 bits per heavy atom. The van der Waals surface area contributed by atoms with Crippen LogP contribution in [0.2, 0.25) is 0 Å². The highest BCUT2D eigenvalue weighted by Gasteiger charge is 2.30. The van der Waals surface area contributed by atoms with Gasteiger partial charge in [-0.2, -0.15) is 18.2 Å². The molecule has 0 bridgehead atoms. The molecule has 1 aliphatic rings. The number of hydrogen-bond donors (Lipinski definition) is 2. The van der Waals surface area contributed by atoms with Gasteiger partial charge in [-0.3, -0.25) is 5.10 Å². The van der Waals surface area contributed by atoms with Gasteiger partial charge >= 0.3 is 6.18 Å². The Bertz CT molecular complexity index is 381. The second-order valence-electron chi connectivity index (χ2n) is 4.42. The fraction of sp³-hybridized carbons (Fsp3) is 0.800. The third-order valence-electron chi connectivity index (χ3n) is 3.07. The van der Waals surface area contributed by atoms with E-state index in [1.54, 1.807) is 0 Å². The Kier molecular flexibility index (Phi) is 3.74. The van der Waals surface area contributed by atoms with Crippen LogP contribution in [0.1, 0.15) is 18.7 Å². The minimum absolute atomic E-state index is 0.131. The third-order valence-corrected chi connectivity index (χ3v) is 3.07. The van der Waals surface area contributed by atoms with Crippen molar-refractivity contribution < 1.29 is 13.2 Å². The number of rotatable bonds is 3. The molecule has 2 heterocycles. The van der Waals surface area contributed by atoms with Crippen LogP contribution < -0.4 is 10.2 Å². The van der Waals surface area contributed by atoms with Gasteiger partial charge in [0, 0.05) is 19.1 Å². The Balaban J connectivity index is 1.94. The first kappa shape index (κ1) is 13.1. The van der Waals surface area contributed by atoms with E-state index in [1.165, 1.54) is 0 Å². The summed E-state index contributed by atoms with van der Waals surface area (Å²) in [6.07, 6.45) is -3.43. The summed E-state index contributed by atoms with van der Waals surface area (Å²) in [6.45, 7) is 1.52. The molecule has 0 aliphatic carbocycles. The highest BCUT2D eigenvalue weighted by atomic mass is 19.4. The van der Waals surface area contributed by atoms with Crippen molar-refractivity contribution in [3.05, 3.63) is 5.82 Å². The van der Waals surface area contributed by atoms with Gasteiger partial charge in [0.05, 0.1) is 0 Å². The van der Waals surface area contributed by atoms with Gasteiger partial charge in [0.2, 0.25) is 5.95 Å². The molecule has 2 N–H and O–H groups in total. The first-order valence-corrected chi connectivity index (χ1v) is 5.88. The van der Waals surface area contributed by atoms with Gasteiger partial charge in [-0.05, 0) is 19.9 Å². The summed E-state index contributed by atoms with van der Waals surface area (Å²) in [6, 6.07) is 0.467. The van der Waals surface area contributed by atoms with Crippen molar-refractivity contribution in [1.82, 2.24) is 20.5 Å². The second kappa shape index (κ2) is 5.13. The quantitative estimate of drug-likeness (QED) is 0.857. The van der Waals surface area contributed by atoms with Crippen LogP contribution in [0.15, 0.2) is 0 Å². The normalized spacial score (nSPS) is 18.3. The van der Waals surface area contributed by atoms with Crippen molar-refractivity contribution in [1.29, 1.82) is 0 Å². The Morgan fingerprint density at radius 3 is 2.61 bits per heavy atom. The van der Waals surface area contributed by atoms with Crippen molar-refractivity contribution in [3.63, 3.8) is 0 Å². The summed E-state index contributed by atoms with van der Waals surface area (Å²) < 4.78 is 36.5. The number of aromatic nitrogens is 3. The summed E-state index contributed by atoms with van der Waals surface area (Å²) in [5.74, 6) is 0.233. The summed E-state index contributed by atoms with van der Waals surface area (Å²) in [5, 5.41) is 9.38. The van der Waals surface area contributed by atoms with Crippen LogP contribution in [0.25, 0.3) is 0 Å². The first-order chi connectivity index (χ1) is 8.48. The zero-order valence-electron chi connectivity index (χ0n) is 10.1. The highest BCUT2D eigenvalue weighted by molar-refractivity contribution is 5.29. The number of nitrogens with zero attached hydrogens (tertiary/aromatic N) is 3. The monoisotopic (exact) mass is 263 g/mol. The summed E-state index contributed by atoms with van der Waals surface area (Å²) >= 11 is 0. The molecule has 0 aromatic carbocycles. The molecule has 0 radical (unpaired) electrons. The summed E-state index contributed by atoms with van der Waals surface area (Å²) in [4.78, 5) is 5.80. The third kappa shape index (κ3) is 3.34. The van der Waals surface area contributed by atoms with E-state index >= 15 is 0 Å². The number of hydrogen-bond acceptors (Lipinski definition) is 4. The smallest absolute Gasteiger partial charge is 0.339 e. The van der Waals surface area contributed by atoms with Gasteiger partial charge in [-0.25, -0.2) is 0 Å². The zero-order valence-corrected chi connectivity index (χ0v) is 10.1. The molecule has 8 heteroatoms. The van der Waals surface area contributed by atoms with Crippen molar-refractivity contribution >= 4 is 5.95 Å². The van der Waals surface area contributed by atoms with Crippen LogP contribution in [-0.2, 0) is 6.42 Å². The van der Waals surface area contributed by atoms with Crippen LogP contribution in [0.5, 0.6) is 0 Å². The number of alkyl halides is 3. The van der Waals surface area contributed by atoms with Gasteiger partial charge in [0.25, 0.3) is 0 Å². The molecule has 1 aromatic rings. The van der Waals surface area contributed by atoms with Crippen molar-refractivity contribution in [2.45, 2.75) is 31.5 Å². The SMILES string of the molecule is CNC1CCN(c2n[nH]c(CC(F)(F)F)n2)CC1. The van der Waals surface area contributed by atoms with Crippen LogP contribution in [-0.4, -0.2) is 47.5 Å². The lowest BCUT2D eigenvalue weighted by Crippen LogP contribution is -2.41. The molecule has 1 saturated heterocycles.